The first-order valence-electron chi connectivity index (χ1n) is 14.8. The number of halogens is 6. The van der Waals surface area contributed by atoms with Crippen molar-refractivity contribution in [2.75, 3.05) is 17.2 Å². The van der Waals surface area contributed by atoms with Crippen LogP contribution in [0.15, 0.2) is 46.4 Å². The Balaban J connectivity index is 2.23. The van der Waals surface area contributed by atoms with Crippen molar-refractivity contribution in [1.82, 2.24) is 0 Å². The minimum absolute atomic E-state index is 0.0642. The zero-order valence-corrected chi connectivity index (χ0v) is 28.8. The van der Waals surface area contributed by atoms with E-state index in [9.17, 15) is 14.4 Å². The van der Waals surface area contributed by atoms with Crippen molar-refractivity contribution in [2.24, 2.45) is 15.4 Å². The summed E-state index contributed by atoms with van der Waals surface area (Å²) in [7, 11) is 0. The van der Waals surface area contributed by atoms with Gasteiger partial charge in [0.05, 0.1) is 28.0 Å². The number of amides is 1. The first-order chi connectivity index (χ1) is 22.1. The van der Waals surface area contributed by atoms with E-state index in [-0.39, 0.29) is 17.9 Å². The number of nitrogens with zero attached hydrogens (tertiary/aromatic N) is 2. The number of carbonyl (C=O) groups excluding carboxylic acids is 3. The standard InChI is InChI=1S/C33H40F6N4O6/c1-20-11-13-22(15-24(20)41-18-44)40-17-27(3,4)48-32(36,37)28(5,6)29(7,8)49-33(38,39)31(34,35)30(9,10)47-26(46)43-23-14-12-21(2)25(16-23)42-19-45/h11-16,40H,17H2,1-10H3,(H,43,46). The molecule has 0 aliphatic rings. The van der Waals surface area contributed by atoms with Crippen molar-refractivity contribution in [2.45, 2.75) is 104 Å². The molecule has 0 saturated carbocycles. The van der Waals surface area contributed by atoms with Gasteiger partial charge in [0.25, 0.3) is 0 Å². The molecule has 0 unspecified atom stereocenters. The summed E-state index contributed by atoms with van der Waals surface area (Å²) in [6.45, 7) is 9.78. The van der Waals surface area contributed by atoms with Crippen molar-refractivity contribution in [3.8, 4) is 0 Å². The number of aryl methyl sites for hydroxylation is 2. The highest BCUT2D eigenvalue weighted by atomic mass is 19.3. The lowest BCUT2D eigenvalue weighted by Gasteiger charge is -2.49. The van der Waals surface area contributed by atoms with Crippen LogP contribution < -0.4 is 10.6 Å². The number of carbonyl (C=O) groups is 1. The topological polar surface area (TPSA) is 128 Å². The Morgan fingerprint density at radius 2 is 1.18 bits per heavy atom. The maximum atomic E-state index is 15.8. The highest BCUT2D eigenvalue weighted by Gasteiger charge is 2.72. The van der Waals surface area contributed by atoms with Crippen LogP contribution in [0, 0.1) is 19.3 Å². The first kappa shape index (κ1) is 40.9. The van der Waals surface area contributed by atoms with E-state index in [4.69, 9.17) is 4.74 Å². The lowest BCUT2D eigenvalue weighted by molar-refractivity contribution is -0.438. The molecule has 0 radical (unpaired) electrons. The number of rotatable bonds is 15. The molecule has 0 saturated heterocycles. The molecule has 2 aromatic rings. The van der Waals surface area contributed by atoms with E-state index in [1.165, 1.54) is 50.3 Å². The Morgan fingerprint density at radius 3 is 1.67 bits per heavy atom. The highest BCUT2D eigenvalue weighted by molar-refractivity contribution is 5.86. The summed E-state index contributed by atoms with van der Waals surface area (Å²) in [5.41, 5.74) is -8.43. The molecular formula is C33H40F6N4O6. The molecule has 2 N–H and O–H groups in total. The maximum Gasteiger partial charge on any atom is 0.424 e. The van der Waals surface area contributed by atoms with Gasteiger partial charge in [0.2, 0.25) is 12.2 Å². The predicted octanol–water partition coefficient (Wildman–Crippen LogP) is 9.11. The molecule has 0 fully saturated rings. The lowest BCUT2D eigenvalue weighted by atomic mass is 9.75. The fourth-order valence-electron chi connectivity index (χ4n) is 4.22. The quantitative estimate of drug-likeness (QED) is 0.108. The zero-order valence-electron chi connectivity index (χ0n) is 28.8. The van der Waals surface area contributed by atoms with E-state index in [1.54, 1.807) is 26.0 Å². The molecule has 0 aliphatic carbocycles. The van der Waals surface area contributed by atoms with Gasteiger partial charge >= 0.3 is 24.2 Å². The Bertz CT molecular complexity index is 1630. The first-order valence-corrected chi connectivity index (χ1v) is 14.8. The molecule has 10 nitrogen and oxygen atoms in total. The summed E-state index contributed by atoms with van der Waals surface area (Å²) in [6.07, 6.45) is -8.56. The number of nitrogens with one attached hydrogen (secondary N) is 2. The summed E-state index contributed by atoms with van der Waals surface area (Å²) >= 11 is 0. The summed E-state index contributed by atoms with van der Waals surface area (Å²) in [4.78, 5) is 40.7. The van der Waals surface area contributed by atoms with Gasteiger partial charge in [-0.15, -0.1) is 0 Å². The largest absolute Gasteiger partial charge is 0.436 e. The fraction of sp³-hybridized carbons (Fsp3) is 0.545. The molecule has 0 aliphatic heterocycles. The Hall–Kier alpha value is -4.23. The molecule has 0 spiro atoms. The Morgan fingerprint density at radius 1 is 0.714 bits per heavy atom. The normalized spacial score (nSPS) is 13.2. The van der Waals surface area contributed by atoms with Gasteiger partial charge in [0.15, 0.2) is 5.60 Å². The van der Waals surface area contributed by atoms with Crippen LogP contribution in [-0.2, 0) is 23.8 Å². The van der Waals surface area contributed by atoms with Crippen LogP contribution in [0.1, 0.15) is 66.5 Å². The molecule has 2 rings (SSSR count). The van der Waals surface area contributed by atoms with Crippen LogP contribution in [0.3, 0.4) is 0 Å². The molecule has 49 heavy (non-hydrogen) atoms. The molecule has 2 aromatic carbocycles. The molecule has 0 heterocycles. The minimum atomic E-state index is -5.46. The van der Waals surface area contributed by atoms with Crippen LogP contribution in [-0.4, -0.2) is 59.7 Å². The highest BCUT2D eigenvalue weighted by Crippen LogP contribution is 2.54. The molecule has 0 aromatic heterocycles. The number of anilines is 2. The SMILES string of the molecule is Cc1ccc(NCC(C)(C)OC(F)(F)C(C)(C)C(C)(C)OC(F)(F)C(F)(F)C(C)(C)OC(=O)Nc2ccc(C)c(N=C=O)c2)cc1N=C=O. The average Bonchev–Trinajstić information content (AvgIpc) is 2.93. The summed E-state index contributed by atoms with van der Waals surface area (Å²) in [6, 6.07) is 8.66. The number of ether oxygens (including phenoxy) is 3. The summed E-state index contributed by atoms with van der Waals surface area (Å²) in [5, 5.41) is 4.96. The van der Waals surface area contributed by atoms with Gasteiger partial charge in [-0.3, -0.25) is 5.32 Å². The van der Waals surface area contributed by atoms with E-state index in [0.717, 1.165) is 27.7 Å². The second-order valence-electron chi connectivity index (χ2n) is 13.5. The third-order valence-electron chi connectivity index (χ3n) is 8.21. The Labute approximate surface area is 280 Å². The number of aliphatic imine (C=N–C) groups is 2. The van der Waals surface area contributed by atoms with Gasteiger partial charge in [-0.2, -0.15) is 36.3 Å². The van der Waals surface area contributed by atoms with E-state index < -0.39 is 46.5 Å². The third-order valence-corrected chi connectivity index (χ3v) is 8.21. The molecule has 16 heteroatoms. The van der Waals surface area contributed by atoms with Crippen LogP contribution in [0.2, 0.25) is 0 Å². The van der Waals surface area contributed by atoms with Crippen LogP contribution in [0.5, 0.6) is 0 Å². The second kappa shape index (κ2) is 14.3. The van der Waals surface area contributed by atoms with E-state index in [0.29, 0.717) is 36.3 Å². The van der Waals surface area contributed by atoms with Gasteiger partial charge in [-0.05, 0) is 105 Å². The zero-order chi connectivity index (χ0) is 37.9. The van der Waals surface area contributed by atoms with Gasteiger partial charge in [-0.1, -0.05) is 12.1 Å². The van der Waals surface area contributed by atoms with Gasteiger partial charge in [0.1, 0.15) is 0 Å². The molecule has 0 atom stereocenters. The number of benzene rings is 2. The predicted molar refractivity (Wildman–Crippen MR) is 170 cm³/mol. The average molecular weight is 703 g/mol. The van der Waals surface area contributed by atoms with Gasteiger partial charge in [-0.25, -0.2) is 14.4 Å². The van der Waals surface area contributed by atoms with Crippen molar-refractivity contribution in [3.63, 3.8) is 0 Å². The number of isocyanates is 2. The maximum absolute atomic E-state index is 15.8. The van der Waals surface area contributed by atoms with Crippen LogP contribution in [0.4, 0.5) is 53.9 Å². The van der Waals surface area contributed by atoms with Crippen molar-refractivity contribution in [1.29, 1.82) is 0 Å². The molecule has 0 bridgehead atoms. The number of hydrogen-bond acceptors (Lipinski definition) is 9. The van der Waals surface area contributed by atoms with Crippen molar-refractivity contribution < 1.29 is 54.9 Å². The Kier molecular flexibility index (Phi) is 12.0. The van der Waals surface area contributed by atoms with E-state index in [1.807, 2.05) is 0 Å². The lowest BCUT2D eigenvalue weighted by Crippen LogP contribution is -2.64. The number of hydrogen-bond donors (Lipinski definition) is 2. The van der Waals surface area contributed by atoms with Crippen LogP contribution in [0.25, 0.3) is 0 Å². The second-order valence-corrected chi connectivity index (χ2v) is 13.5. The van der Waals surface area contributed by atoms with Gasteiger partial charge < -0.3 is 19.5 Å². The van der Waals surface area contributed by atoms with Crippen molar-refractivity contribution >= 4 is 41.0 Å². The third kappa shape index (κ3) is 9.27. The van der Waals surface area contributed by atoms with Crippen molar-refractivity contribution in [3.05, 3.63) is 47.5 Å². The monoisotopic (exact) mass is 702 g/mol. The summed E-state index contributed by atoms with van der Waals surface area (Å²) < 4.78 is 108. The van der Waals surface area contributed by atoms with E-state index in [2.05, 4.69) is 30.1 Å². The van der Waals surface area contributed by atoms with Crippen LogP contribution >= 0.6 is 0 Å². The molecular weight excluding hydrogens is 662 g/mol. The minimum Gasteiger partial charge on any atom is -0.436 e. The molecule has 1 amide bonds. The number of alkyl halides is 6. The summed E-state index contributed by atoms with van der Waals surface area (Å²) in [5.74, 6) is -5.27. The van der Waals surface area contributed by atoms with Gasteiger partial charge in [0, 0.05) is 17.9 Å². The van der Waals surface area contributed by atoms with E-state index >= 15 is 26.3 Å². The smallest absolute Gasteiger partial charge is 0.424 e. The molecule has 270 valence electrons. The fourth-order valence-corrected chi connectivity index (χ4v) is 4.22.